The molecule has 0 saturated heterocycles. The van der Waals surface area contributed by atoms with Gasteiger partial charge >= 0.3 is 5.97 Å². The van der Waals surface area contributed by atoms with Crippen molar-refractivity contribution in [1.29, 1.82) is 0 Å². The predicted octanol–water partition coefficient (Wildman–Crippen LogP) is 2.78. The van der Waals surface area contributed by atoms with E-state index in [4.69, 9.17) is 4.74 Å². The molecule has 1 aromatic carbocycles. The third-order valence-corrected chi connectivity index (χ3v) is 3.29. The highest BCUT2D eigenvalue weighted by atomic mass is 16.5. The minimum Gasteiger partial charge on any atom is -0.449 e. The highest BCUT2D eigenvalue weighted by molar-refractivity contribution is 6.01. The lowest BCUT2D eigenvalue weighted by Gasteiger charge is -2.12. The lowest BCUT2D eigenvalue weighted by atomic mass is 10.0. The number of ketones is 1. The number of aryl methyl sites for hydroxylation is 2. The second-order valence-corrected chi connectivity index (χ2v) is 5.01. The number of carbonyl (C=O) groups excluding carboxylic acids is 2. The Hall–Kier alpha value is -2.56. The molecule has 1 atom stereocenters. The number of ether oxygens (including phenoxy) is 1. The first-order chi connectivity index (χ1) is 10.5. The molecule has 0 aliphatic heterocycles. The minimum atomic E-state index is -0.872. The minimum absolute atomic E-state index is 0.0894. The largest absolute Gasteiger partial charge is 0.449 e. The fraction of sp³-hybridized carbons (Fsp3) is 0.294. The Morgan fingerprint density at radius 1 is 1.14 bits per heavy atom. The van der Waals surface area contributed by atoms with Crippen LogP contribution < -0.4 is 0 Å². The van der Waals surface area contributed by atoms with Gasteiger partial charge in [-0.1, -0.05) is 31.2 Å². The first-order valence-corrected chi connectivity index (χ1v) is 7.14. The van der Waals surface area contributed by atoms with Crippen LogP contribution in [0.3, 0.4) is 0 Å². The Bertz CT molecular complexity index is 663. The van der Waals surface area contributed by atoms with E-state index < -0.39 is 12.1 Å². The van der Waals surface area contributed by atoms with Crippen LogP contribution in [0.5, 0.6) is 0 Å². The zero-order valence-corrected chi connectivity index (χ0v) is 12.9. The molecule has 0 fully saturated rings. The molecule has 0 radical (unpaired) electrons. The van der Waals surface area contributed by atoms with Crippen LogP contribution in [0.4, 0.5) is 0 Å². The maximum absolute atomic E-state index is 12.3. The van der Waals surface area contributed by atoms with Crippen LogP contribution in [0.15, 0.2) is 36.7 Å². The van der Waals surface area contributed by atoms with Crippen LogP contribution in [-0.4, -0.2) is 27.8 Å². The summed E-state index contributed by atoms with van der Waals surface area (Å²) in [4.78, 5) is 32.1. The van der Waals surface area contributed by atoms with Crippen molar-refractivity contribution in [3.63, 3.8) is 0 Å². The molecule has 0 amide bonds. The van der Waals surface area contributed by atoms with Gasteiger partial charge in [0.15, 0.2) is 11.8 Å². The van der Waals surface area contributed by atoms with Crippen LogP contribution in [0.2, 0.25) is 0 Å². The smallest absolute Gasteiger partial charge is 0.359 e. The average Bonchev–Trinajstić information content (AvgIpc) is 2.54. The molecule has 0 N–H and O–H groups in total. The second kappa shape index (κ2) is 6.93. The Kier molecular flexibility index (Phi) is 4.99. The molecule has 0 saturated carbocycles. The number of Topliss-reactive ketones (excluding diaryl/α,β-unsaturated/α-hetero) is 1. The van der Waals surface area contributed by atoms with Crippen LogP contribution in [0.25, 0.3) is 0 Å². The van der Waals surface area contributed by atoms with E-state index in [0.717, 1.165) is 12.0 Å². The Morgan fingerprint density at radius 3 is 2.36 bits per heavy atom. The van der Waals surface area contributed by atoms with Crippen molar-refractivity contribution < 1.29 is 14.3 Å². The zero-order chi connectivity index (χ0) is 16.1. The summed E-state index contributed by atoms with van der Waals surface area (Å²) < 4.78 is 5.16. The number of benzene rings is 1. The van der Waals surface area contributed by atoms with E-state index in [0.29, 0.717) is 11.3 Å². The Morgan fingerprint density at radius 2 is 1.82 bits per heavy atom. The molecule has 22 heavy (non-hydrogen) atoms. The lowest BCUT2D eigenvalue weighted by molar-refractivity contribution is 0.0312. The van der Waals surface area contributed by atoms with Gasteiger partial charge < -0.3 is 4.74 Å². The number of rotatable bonds is 5. The fourth-order valence-electron chi connectivity index (χ4n) is 1.91. The SMILES string of the molecule is CCc1ccc(C(=O)C(C)OC(=O)c2cnc(C)cn2)cc1. The van der Waals surface area contributed by atoms with Gasteiger partial charge in [0, 0.05) is 11.8 Å². The maximum atomic E-state index is 12.3. The topological polar surface area (TPSA) is 69.2 Å². The number of carbonyl (C=O) groups is 2. The molecule has 1 unspecified atom stereocenters. The van der Waals surface area contributed by atoms with Gasteiger partial charge in [-0.2, -0.15) is 0 Å². The van der Waals surface area contributed by atoms with Crippen molar-refractivity contribution in [3.8, 4) is 0 Å². The van der Waals surface area contributed by atoms with E-state index in [2.05, 4.69) is 9.97 Å². The van der Waals surface area contributed by atoms with Gasteiger partial charge in [-0.15, -0.1) is 0 Å². The summed E-state index contributed by atoms with van der Waals surface area (Å²) in [6.07, 6.45) is 2.85. The van der Waals surface area contributed by atoms with Crippen molar-refractivity contribution in [1.82, 2.24) is 9.97 Å². The zero-order valence-electron chi connectivity index (χ0n) is 12.9. The van der Waals surface area contributed by atoms with Crippen molar-refractivity contribution in [2.45, 2.75) is 33.3 Å². The summed E-state index contributed by atoms with van der Waals surface area (Å²) in [6.45, 7) is 5.37. The molecule has 1 aromatic heterocycles. The molecule has 5 heteroatoms. The molecule has 2 aromatic rings. The summed E-state index contributed by atoms with van der Waals surface area (Å²) in [5, 5.41) is 0. The third-order valence-electron chi connectivity index (χ3n) is 3.29. The van der Waals surface area contributed by atoms with Gasteiger partial charge in [-0.05, 0) is 25.8 Å². The van der Waals surface area contributed by atoms with Crippen molar-refractivity contribution in [2.75, 3.05) is 0 Å². The van der Waals surface area contributed by atoms with Crippen LogP contribution >= 0.6 is 0 Å². The van der Waals surface area contributed by atoms with E-state index >= 15 is 0 Å². The molecule has 0 aliphatic rings. The summed E-state index contributed by atoms with van der Waals surface area (Å²) in [5.41, 5.74) is 2.46. The predicted molar refractivity (Wildman–Crippen MR) is 81.8 cm³/mol. The highest BCUT2D eigenvalue weighted by Gasteiger charge is 2.21. The molecule has 114 valence electrons. The highest BCUT2D eigenvalue weighted by Crippen LogP contribution is 2.10. The van der Waals surface area contributed by atoms with E-state index in [1.54, 1.807) is 26.0 Å². The standard InChI is InChI=1S/C17H18N2O3/c1-4-13-5-7-14(8-6-13)16(20)12(3)22-17(21)15-10-18-11(2)9-19-15/h5-10,12H,4H2,1-3H3. The molecule has 0 aliphatic carbocycles. The van der Waals surface area contributed by atoms with Crippen LogP contribution in [0.1, 0.15) is 46.0 Å². The van der Waals surface area contributed by atoms with Gasteiger partial charge in [-0.25, -0.2) is 9.78 Å². The number of aromatic nitrogens is 2. The van der Waals surface area contributed by atoms with Crippen molar-refractivity contribution >= 4 is 11.8 Å². The summed E-state index contributed by atoms with van der Waals surface area (Å²) in [6, 6.07) is 7.29. The third kappa shape index (κ3) is 3.75. The number of esters is 1. The van der Waals surface area contributed by atoms with Gasteiger partial charge in [0.1, 0.15) is 0 Å². The van der Waals surface area contributed by atoms with Crippen LogP contribution in [-0.2, 0) is 11.2 Å². The lowest BCUT2D eigenvalue weighted by Crippen LogP contribution is -2.25. The summed E-state index contributed by atoms with van der Waals surface area (Å²) >= 11 is 0. The second-order valence-electron chi connectivity index (χ2n) is 5.01. The molecule has 1 heterocycles. The van der Waals surface area contributed by atoms with E-state index in [1.807, 2.05) is 19.1 Å². The molecular weight excluding hydrogens is 280 g/mol. The quantitative estimate of drug-likeness (QED) is 0.627. The van der Waals surface area contributed by atoms with E-state index in [9.17, 15) is 9.59 Å². The van der Waals surface area contributed by atoms with Gasteiger partial charge in [-0.3, -0.25) is 9.78 Å². The number of nitrogens with zero attached hydrogens (tertiary/aromatic N) is 2. The Labute approximate surface area is 129 Å². The van der Waals surface area contributed by atoms with Gasteiger partial charge in [0.25, 0.3) is 0 Å². The normalized spacial score (nSPS) is 11.8. The molecule has 0 spiro atoms. The van der Waals surface area contributed by atoms with Gasteiger partial charge in [0.05, 0.1) is 11.9 Å². The van der Waals surface area contributed by atoms with Gasteiger partial charge in [0.2, 0.25) is 5.78 Å². The molecule has 5 nitrogen and oxygen atoms in total. The summed E-state index contributed by atoms with van der Waals surface area (Å²) in [5.74, 6) is -0.894. The number of hydrogen-bond acceptors (Lipinski definition) is 5. The summed E-state index contributed by atoms with van der Waals surface area (Å²) in [7, 11) is 0. The Balaban J connectivity index is 2.03. The molecule has 0 bridgehead atoms. The van der Waals surface area contributed by atoms with Crippen molar-refractivity contribution in [3.05, 3.63) is 59.2 Å². The maximum Gasteiger partial charge on any atom is 0.359 e. The first-order valence-electron chi connectivity index (χ1n) is 7.14. The molecule has 2 rings (SSSR count). The fourth-order valence-corrected chi connectivity index (χ4v) is 1.91. The van der Waals surface area contributed by atoms with E-state index in [1.165, 1.54) is 12.4 Å². The van der Waals surface area contributed by atoms with Crippen molar-refractivity contribution in [2.24, 2.45) is 0 Å². The van der Waals surface area contributed by atoms with Crippen LogP contribution in [0, 0.1) is 6.92 Å². The molecular formula is C17H18N2O3. The number of hydrogen-bond donors (Lipinski definition) is 0. The monoisotopic (exact) mass is 298 g/mol. The van der Waals surface area contributed by atoms with E-state index in [-0.39, 0.29) is 11.5 Å². The first kappa shape index (κ1) is 15.8. The average molecular weight is 298 g/mol.